The minimum atomic E-state index is 1.13. The molecule has 0 aliphatic carbocycles. The van der Waals surface area contributed by atoms with Crippen LogP contribution in [0.1, 0.15) is 0 Å². The molecule has 2 nitrogen and oxygen atoms in total. The van der Waals surface area contributed by atoms with E-state index in [4.69, 9.17) is 0 Å². The first-order valence-corrected chi connectivity index (χ1v) is 3.28. The number of hydrogen-bond donors (Lipinski definition) is 1. The van der Waals surface area contributed by atoms with Crippen LogP contribution in [0, 0.1) is 0 Å². The fourth-order valence-electron chi connectivity index (χ4n) is 0.368. The third-order valence-corrected chi connectivity index (χ3v) is 1.33. The maximum Gasteiger partial charge on any atom is 0.0605 e. The smallest absolute Gasteiger partial charge is 0.0605 e. The van der Waals surface area contributed by atoms with Crippen LogP contribution in [0.4, 0.5) is 0 Å². The first kappa shape index (κ1) is 5.81. The Morgan fingerprint density at radius 3 is 3.38 bits per heavy atom. The van der Waals surface area contributed by atoms with Gasteiger partial charge in [-0.2, -0.15) is 5.10 Å². The quantitative estimate of drug-likeness (QED) is 0.613. The van der Waals surface area contributed by atoms with Crippen molar-refractivity contribution < 1.29 is 0 Å². The summed E-state index contributed by atoms with van der Waals surface area (Å²) in [6.45, 7) is 0. The molecule has 0 spiro atoms. The maximum atomic E-state index is 3.81. The highest BCUT2D eigenvalue weighted by atomic mass is 127. The Morgan fingerprint density at radius 1 is 1.62 bits per heavy atom. The van der Waals surface area contributed by atoms with Crippen molar-refractivity contribution in [3.63, 3.8) is 0 Å². The van der Waals surface area contributed by atoms with Crippen LogP contribution < -0.4 is 5.43 Å². The summed E-state index contributed by atoms with van der Waals surface area (Å²) in [4.78, 5) is 0. The van der Waals surface area contributed by atoms with Crippen LogP contribution in [0.2, 0.25) is 0 Å². The maximum absolute atomic E-state index is 3.81. The Hall–Kier alpha value is -0.320. The summed E-state index contributed by atoms with van der Waals surface area (Å²) in [5.74, 6) is 0. The van der Waals surface area contributed by atoms with Crippen LogP contribution in [-0.2, 0) is 0 Å². The Morgan fingerprint density at radius 2 is 2.50 bits per heavy atom. The molecule has 0 fully saturated rings. The van der Waals surface area contributed by atoms with E-state index in [1.165, 1.54) is 0 Å². The van der Waals surface area contributed by atoms with E-state index in [2.05, 4.69) is 33.1 Å². The molecule has 0 saturated carbocycles. The van der Waals surface area contributed by atoms with Gasteiger partial charge >= 0.3 is 0 Å². The van der Waals surface area contributed by atoms with E-state index in [0.29, 0.717) is 0 Å². The van der Waals surface area contributed by atoms with Crippen LogP contribution in [0.5, 0.6) is 0 Å². The van der Waals surface area contributed by atoms with Crippen molar-refractivity contribution in [3.05, 3.63) is 21.9 Å². The predicted octanol–water partition coefficient (Wildman–Crippen LogP) is 1.41. The first-order valence-electron chi connectivity index (χ1n) is 2.20. The van der Waals surface area contributed by atoms with Gasteiger partial charge < -0.3 is 0 Å². The minimum absolute atomic E-state index is 1.13. The van der Waals surface area contributed by atoms with Crippen molar-refractivity contribution in [1.29, 1.82) is 0 Å². The number of rotatable bonds is 0. The molecule has 0 aromatic carbocycles. The summed E-state index contributed by atoms with van der Waals surface area (Å²) >= 11 is 2.20. The van der Waals surface area contributed by atoms with Gasteiger partial charge in [0.15, 0.2) is 0 Å². The van der Waals surface area contributed by atoms with Crippen molar-refractivity contribution in [2.75, 3.05) is 0 Å². The SMILES string of the molecule is IC1=CC=CNN=C1. The Labute approximate surface area is 61.5 Å². The second-order valence-electron chi connectivity index (χ2n) is 1.30. The molecule has 1 aliphatic heterocycles. The molecule has 0 atom stereocenters. The van der Waals surface area contributed by atoms with E-state index in [1.54, 1.807) is 12.4 Å². The van der Waals surface area contributed by atoms with E-state index in [0.717, 1.165) is 3.58 Å². The van der Waals surface area contributed by atoms with Gasteiger partial charge in [-0.3, -0.25) is 5.43 Å². The van der Waals surface area contributed by atoms with Crippen LogP contribution in [0.25, 0.3) is 0 Å². The molecule has 8 heavy (non-hydrogen) atoms. The summed E-state index contributed by atoms with van der Waals surface area (Å²) in [6.07, 6.45) is 7.43. The fraction of sp³-hybridized carbons (Fsp3) is 0. The molecule has 0 unspecified atom stereocenters. The molecule has 1 rings (SSSR count). The van der Waals surface area contributed by atoms with Crippen molar-refractivity contribution in [3.8, 4) is 0 Å². The molecule has 1 aliphatic rings. The standard InChI is InChI=1S/C5H5IN2/c6-5-2-1-3-7-8-4-5/h1-4,7H. The van der Waals surface area contributed by atoms with Crippen molar-refractivity contribution >= 4 is 28.8 Å². The second-order valence-corrected chi connectivity index (χ2v) is 2.54. The van der Waals surface area contributed by atoms with Crippen LogP contribution in [0.3, 0.4) is 0 Å². The Balaban J connectivity index is 2.73. The average Bonchev–Trinajstić information content (AvgIpc) is 1.94. The highest BCUT2D eigenvalue weighted by Crippen LogP contribution is 2.02. The highest BCUT2D eigenvalue weighted by molar-refractivity contribution is 14.1. The zero-order valence-corrected chi connectivity index (χ0v) is 6.29. The van der Waals surface area contributed by atoms with Gasteiger partial charge in [0.2, 0.25) is 0 Å². The number of nitrogens with one attached hydrogen (secondary N) is 1. The highest BCUT2D eigenvalue weighted by Gasteiger charge is 1.82. The van der Waals surface area contributed by atoms with Gasteiger partial charge in [0.25, 0.3) is 0 Å². The van der Waals surface area contributed by atoms with Crippen LogP contribution >= 0.6 is 22.6 Å². The van der Waals surface area contributed by atoms with Crippen LogP contribution in [0.15, 0.2) is 27.0 Å². The molecule has 3 heteroatoms. The van der Waals surface area contributed by atoms with E-state index in [-0.39, 0.29) is 0 Å². The summed E-state index contributed by atoms with van der Waals surface area (Å²) in [6, 6.07) is 0. The van der Waals surface area contributed by atoms with Gasteiger partial charge in [-0.15, -0.1) is 0 Å². The summed E-state index contributed by atoms with van der Waals surface area (Å²) < 4.78 is 1.13. The summed E-state index contributed by atoms with van der Waals surface area (Å²) in [7, 11) is 0. The topological polar surface area (TPSA) is 24.4 Å². The zero-order valence-electron chi connectivity index (χ0n) is 4.13. The molecular weight excluding hydrogens is 215 g/mol. The van der Waals surface area contributed by atoms with Gasteiger partial charge in [-0.05, 0) is 34.7 Å². The van der Waals surface area contributed by atoms with Gasteiger partial charge in [0.05, 0.1) is 6.21 Å². The van der Waals surface area contributed by atoms with Gasteiger partial charge in [0, 0.05) is 9.78 Å². The lowest BCUT2D eigenvalue weighted by Gasteiger charge is -1.81. The molecule has 42 valence electrons. The van der Waals surface area contributed by atoms with E-state index >= 15 is 0 Å². The van der Waals surface area contributed by atoms with Gasteiger partial charge in [-0.1, -0.05) is 0 Å². The molecule has 0 bridgehead atoms. The third kappa shape index (κ3) is 1.65. The number of hydrogen-bond acceptors (Lipinski definition) is 2. The molecule has 0 radical (unpaired) electrons. The Bertz CT molecular complexity index is 158. The lowest BCUT2D eigenvalue weighted by atomic mass is 10.5. The molecular formula is C5H5IN2. The van der Waals surface area contributed by atoms with Crippen molar-refractivity contribution in [2.24, 2.45) is 5.10 Å². The van der Waals surface area contributed by atoms with Crippen LogP contribution in [-0.4, -0.2) is 6.21 Å². The second kappa shape index (κ2) is 2.86. The minimum Gasteiger partial charge on any atom is -0.286 e. The van der Waals surface area contributed by atoms with Gasteiger partial charge in [-0.25, -0.2) is 0 Å². The molecule has 1 heterocycles. The number of nitrogens with zero attached hydrogens (tertiary/aromatic N) is 1. The number of halogens is 1. The Kier molecular flexibility index (Phi) is 2.08. The largest absolute Gasteiger partial charge is 0.286 e. The molecule has 0 amide bonds. The lowest BCUT2D eigenvalue weighted by molar-refractivity contribution is 0.980. The van der Waals surface area contributed by atoms with Crippen molar-refractivity contribution in [1.82, 2.24) is 5.43 Å². The molecule has 0 saturated heterocycles. The number of hydrazone groups is 1. The molecule has 1 N–H and O–H groups in total. The zero-order chi connectivity index (χ0) is 5.82. The monoisotopic (exact) mass is 220 g/mol. The predicted molar refractivity (Wildman–Crippen MR) is 42.9 cm³/mol. The summed E-state index contributed by atoms with van der Waals surface area (Å²) in [5, 5.41) is 3.81. The average molecular weight is 220 g/mol. The molecule has 0 aromatic rings. The third-order valence-electron chi connectivity index (χ3n) is 0.689. The molecule has 0 aromatic heterocycles. The normalized spacial score (nSPS) is 16.9. The van der Waals surface area contributed by atoms with E-state index in [1.807, 2.05) is 12.2 Å². The summed E-state index contributed by atoms with van der Waals surface area (Å²) in [5.41, 5.74) is 2.71. The van der Waals surface area contributed by atoms with E-state index in [9.17, 15) is 0 Å². The fourth-order valence-corrected chi connectivity index (χ4v) is 0.715. The lowest BCUT2D eigenvalue weighted by Crippen LogP contribution is -1.89. The first-order chi connectivity index (χ1) is 3.89. The van der Waals surface area contributed by atoms with Crippen molar-refractivity contribution in [2.45, 2.75) is 0 Å². The van der Waals surface area contributed by atoms with Gasteiger partial charge in [0.1, 0.15) is 0 Å². The number of allylic oxidation sites excluding steroid dienone is 3. The van der Waals surface area contributed by atoms with E-state index < -0.39 is 0 Å².